The molecule has 1 aliphatic heterocycles. The molecule has 0 bridgehead atoms. The molecule has 1 heterocycles. The molecule has 0 saturated heterocycles. The number of cyclic esters (lactones) is 1. The molecule has 3 N–H and O–H groups in total. The van der Waals surface area contributed by atoms with Gasteiger partial charge in [0.2, 0.25) is 0 Å². The van der Waals surface area contributed by atoms with Crippen LogP contribution < -0.4 is 0 Å². The molecule has 0 aromatic carbocycles. The SMILES string of the molecule is CC1=C(C)C(=O)O[C@@H]([C@](C)(O)[C@@]2(O)CC[C@@]3(O)[C@@H]4CC=C5C=CCC(=O)[C@]5(C)[C@@H]4CC[C@]23C)C1. The number of Topliss-reactive ketones (excluding diaryl/α,β-unsaturated/α-hetero) is 1. The fraction of sp³-hybridized carbons (Fsp3) is 0.714. The molecule has 2 saturated carbocycles. The summed E-state index contributed by atoms with van der Waals surface area (Å²) in [4.78, 5) is 25.6. The lowest BCUT2D eigenvalue weighted by Gasteiger charge is -2.63. The largest absolute Gasteiger partial charge is 0.455 e. The lowest BCUT2D eigenvalue weighted by Crippen LogP contribution is -2.72. The van der Waals surface area contributed by atoms with Crippen LogP contribution in [-0.4, -0.2) is 50.0 Å². The Bertz CT molecular complexity index is 1050. The first-order chi connectivity index (χ1) is 15.7. The number of carbonyl (C=O) groups excluding carboxylic acids is 2. The lowest BCUT2D eigenvalue weighted by molar-refractivity contribution is -0.279. The molecule has 4 aliphatic carbocycles. The summed E-state index contributed by atoms with van der Waals surface area (Å²) in [6.45, 7) is 9.01. The Kier molecular flexibility index (Phi) is 5.03. The van der Waals surface area contributed by atoms with E-state index in [4.69, 9.17) is 4.74 Å². The Labute approximate surface area is 201 Å². The Morgan fingerprint density at radius 1 is 1.09 bits per heavy atom. The second kappa shape index (κ2) is 7.14. The van der Waals surface area contributed by atoms with Gasteiger partial charge in [0, 0.05) is 23.8 Å². The number of carbonyl (C=O) groups is 2. The smallest absolute Gasteiger partial charge is 0.334 e. The highest BCUT2D eigenvalue weighted by Crippen LogP contribution is 2.70. The number of aliphatic hydroxyl groups is 3. The number of ketones is 1. The van der Waals surface area contributed by atoms with Crippen molar-refractivity contribution < 1.29 is 29.6 Å². The number of ether oxygens (including phenoxy) is 1. The highest BCUT2D eigenvalue weighted by molar-refractivity contribution is 5.92. The van der Waals surface area contributed by atoms with Crippen molar-refractivity contribution in [1.82, 2.24) is 0 Å². The summed E-state index contributed by atoms with van der Waals surface area (Å²) in [5.41, 5.74) is -3.87. The number of rotatable bonds is 2. The van der Waals surface area contributed by atoms with Gasteiger partial charge in [0.25, 0.3) is 0 Å². The van der Waals surface area contributed by atoms with Crippen LogP contribution in [0.4, 0.5) is 0 Å². The molecule has 6 heteroatoms. The number of esters is 1. The summed E-state index contributed by atoms with van der Waals surface area (Å²) >= 11 is 0. The van der Waals surface area contributed by atoms with E-state index in [-0.39, 0.29) is 24.0 Å². The minimum Gasteiger partial charge on any atom is -0.455 e. The zero-order chi connectivity index (χ0) is 24.9. The third kappa shape index (κ3) is 2.63. The summed E-state index contributed by atoms with van der Waals surface area (Å²) < 4.78 is 5.63. The maximum atomic E-state index is 13.1. The third-order valence-corrected chi connectivity index (χ3v) is 11.1. The summed E-state index contributed by atoms with van der Waals surface area (Å²) in [5.74, 6) is -0.495. The van der Waals surface area contributed by atoms with Crippen molar-refractivity contribution in [3.8, 4) is 0 Å². The van der Waals surface area contributed by atoms with Gasteiger partial charge in [-0.05, 0) is 77.2 Å². The zero-order valence-electron chi connectivity index (χ0n) is 21.0. The normalized spacial score (nSPS) is 47.9. The summed E-state index contributed by atoms with van der Waals surface area (Å²) in [6.07, 6.45) is 8.25. The molecule has 0 spiro atoms. The summed E-state index contributed by atoms with van der Waals surface area (Å²) in [6, 6.07) is 0. The van der Waals surface area contributed by atoms with E-state index < -0.39 is 39.7 Å². The van der Waals surface area contributed by atoms with Gasteiger partial charge in [0.05, 0.1) is 11.0 Å². The van der Waals surface area contributed by atoms with Gasteiger partial charge in [-0.3, -0.25) is 4.79 Å². The molecular weight excluding hydrogens is 432 g/mol. The molecular formula is C28H38O6. The van der Waals surface area contributed by atoms with E-state index in [0.29, 0.717) is 44.1 Å². The van der Waals surface area contributed by atoms with Crippen LogP contribution >= 0.6 is 0 Å². The first-order valence-electron chi connectivity index (χ1n) is 12.7. The Hall–Kier alpha value is -1.76. The van der Waals surface area contributed by atoms with E-state index in [9.17, 15) is 24.9 Å². The van der Waals surface area contributed by atoms with Crippen LogP contribution in [0.25, 0.3) is 0 Å². The maximum Gasteiger partial charge on any atom is 0.334 e. The van der Waals surface area contributed by atoms with Crippen molar-refractivity contribution in [2.24, 2.45) is 22.7 Å². The fourth-order valence-electron chi connectivity index (χ4n) is 8.38. The Morgan fingerprint density at radius 2 is 1.79 bits per heavy atom. The third-order valence-electron chi connectivity index (χ3n) is 11.1. The Morgan fingerprint density at radius 3 is 2.47 bits per heavy atom. The van der Waals surface area contributed by atoms with Crippen molar-refractivity contribution in [1.29, 1.82) is 0 Å². The van der Waals surface area contributed by atoms with Gasteiger partial charge < -0.3 is 20.1 Å². The van der Waals surface area contributed by atoms with Gasteiger partial charge >= 0.3 is 5.97 Å². The van der Waals surface area contributed by atoms with Crippen molar-refractivity contribution in [2.45, 2.75) is 102 Å². The minimum atomic E-state index is -1.75. The quantitative estimate of drug-likeness (QED) is 0.534. The average molecular weight is 471 g/mol. The van der Waals surface area contributed by atoms with E-state index in [2.05, 4.69) is 12.2 Å². The number of allylic oxidation sites excluding steroid dienone is 4. The molecule has 5 aliphatic rings. The van der Waals surface area contributed by atoms with Gasteiger partial charge in [-0.1, -0.05) is 30.7 Å². The van der Waals surface area contributed by atoms with Crippen LogP contribution in [0, 0.1) is 22.7 Å². The predicted octanol–water partition coefficient (Wildman–Crippen LogP) is 3.54. The highest BCUT2D eigenvalue weighted by Gasteiger charge is 2.76. The highest BCUT2D eigenvalue weighted by atomic mass is 16.6. The Balaban J connectivity index is 1.54. The molecule has 2 fully saturated rings. The summed E-state index contributed by atoms with van der Waals surface area (Å²) in [5, 5.41) is 36.5. The predicted molar refractivity (Wildman–Crippen MR) is 127 cm³/mol. The van der Waals surface area contributed by atoms with E-state index in [1.807, 2.05) is 26.8 Å². The molecule has 0 radical (unpaired) electrons. The molecule has 5 rings (SSSR count). The van der Waals surface area contributed by atoms with Crippen LogP contribution in [0.2, 0.25) is 0 Å². The molecule has 0 aromatic rings. The van der Waals surface area contributed by atoms with E-state index in [1.165, 1.54) is 0 Å². The molecule has 8 atom stereocenters. The standard InChI is InChI=1S/C28H38O6/c1-16-15-22(34-23(30)17(16)2)26(5,31)28(33)14-13-27(32)20-10-9-18-7-6-8-21(29)25(18,4)19(20)11-12-24(27,28)3/h6-7,9,19-20,22,31-33H,8,10-15H2,1-5H3/t19-,20-,22-,24+,25+,26+,27-,28-/m1/s1. The van der Waals surface area contributed by atoms with E-state index in [1.54, 1.807) is 13.8 Å². The van der Waals surface area contributed by atoms with Crippen LogP contribution in [-0.2, 0) is 14.3 Å². The fourth-order valence-corrected chi connectivity index (χ4v) is 8.38. The van der Waals surface area contributed by atoms with Crippen molar-refractivity contribution in [2.75, 3.05) is 0 Å². The van der Waals surface area contributed by atoms with E-state index >= 15 is 0 Å². The van der Waals surface area contributed by atoms with Crippen molar-refractivity contribution in [3.63, 3.8) is 0 Å². The monoisotopic (exact) mass is 470 g/mol. The second-order valence-electron chi connectivity index (χ2n) is 12.1. The first kappa shape index (κ1) is 24.0. The molecule has 34 heavy (non-hydrogen) atoms. The minimum absolute atomic E-state index is 0.0179. The van der Waals surface area contributed by atoms with Gasteiger partial charge in [-0.2, -0.15) is 0 Å². The van der Waals surface area contributed by atoms with Crippen molar-refractivity contribution >= 4 is 11.8 Å². The first-order valence-corrected chi connectivity index (χ1v) is 12.7. The summed E-state index contributed by atoms with van der Waals surface area (Å²) in [7, 11) is 0. The zero-order valence-corrected chi connectivity index (χ0v) is 21.0. The van der Waals surface area contributed by atoms with Crippen LogP contribution in [0.15, 0.2) is 34.9 Å². The maximum absolute atomic E-state index is 13.1. The van der Waals surface area contributed by atoms with Gasteiger partial charge in [0.15, 0.2) is 0 Å². The van der Waals surface area contributed by atoms with Crippen LogP contribution in [0.1, 0.15) is 79.6 Å². The molecule has 0 unspecified atom stereocenters. The topological polar surface area (TPSA) is 104 Å². The van der Waals surface area contributed by atoms with Crippen LogP contribution in [0.3, 0.4) is 0 Å². The molecule has 0 amide bonds. The number of fused-ring (bicyclic) bond motifs is 5. The average Bonchev–Trinajstić information content (AvgIpc) is 3.00. The lowest BCUT2D eigenvalue weighted by atomic mass is 9.44. The number of hydrogen-bond donors (Lipinski definition) is 3. The van der Waals surface area contributed by atoms with Gasteiger partial charge in [0.1, 0.15) is 23.1 Å². The molecule has 0 aromatic heterocycles. The van der Waals surface area contributed by atoms with Crippen LogP contribution in [0.5, 0.6) is 0 Å². The van der Waals surface area contributed by atoms with Gasteiger partial charge in [-0.15, -0.1) is 0 Å². The number of hydrogen-bond acceptors (Lipinski definition) is 6. The molecule has 186 valence electrons. The second-order valence-corrected chi connectivity index (χ2v) is 12.1. The molecule has 6 nitrogen and oxygen atoms in total. The van der Waals surface area contributed by atoms with Gasteiger partial charge in [-0.25, -0.2) is 4.79 Å². The van der Waals surface area contributed by atoms with E-state index in [0.717, 1.165) is 11.1 Å². The van der Waals surface area contributed by atoms with Crippen molar-refractivity contribution in [3.05, 3.63) is 34.9 Å².